The average molecular weight is 350 g/mol. The summed E-state index contributed by atoms with van der Waals surface area (Å²) in [7, 11) is 1.62. The van der Waals surface area contributed by atoms with E-state index in [2.05, 4.69) is 15.6 Å². The highest BCUT2D eigenvalue weighted by atomic mass is 16.5. The second-order valence-corrected chi connectivity index (χ2v) is 6.23. The summed E-state index contributed by atoms with van der Waals surface area (Å²) < 4.78 is 7.05. The Labute approximate surface area is 152 Å². The van der Waals surface area contributed by atoms with E-state index >= 15 is 0 Å². The number of benzene rings is 2. The van der Waals surface area contributed by atoms with Crippen LogP contribution in [0.5, 0.6) is 5.75 Å². The van der Waals surface area contributed by atoms with E-state index in [4.69, 9.17) is 4.74 Å². The van der Waals surface area contributed by atoms with Gasteiger partial charge in [0.1, 0.15) is 5.75 Å². The molecule has 1 N–H and O–H groups in total. The number of hydrogen-bond donors (Lipinski definition) is 1. The SMILES string of the molecule is COc1ccc(C)cc1C(C)NC(=O)c1cn(Cc2ccccc2)nn1. The molecule has 0 aliphatic heterocycles. The standard InChI is InChI=1S/C20H22N4O2/c1-14-9-10-19(26-3)17(11-14)15(2)21-20(25)18-13-24(23-22-18)12-16-7-5-4-6-8-16/h4-11,13,15H,12H2,1-3H3,(H,21,25). The van der Waals surface area contributed by atoms with E-state index in [0.29, 0.717) is 12.2 Å². The van der Waals surface area contributed by atoms with Crippen molar-refractivity contribution < 1.29 is 9.53 Å². The van der Waals surface area contributed by atoms with Gasteiger partial charge in [-0.25, -0.2) is 4.68 Å². The Balaban J connectivity index is 1.69. The molecule has 1 atom stereocenters. The third-order valence-corrected chi connectivity index (χ3v) is 4.16. The number of aromatic nitrogens is 3. The van der Waals surface area contributed by atoms with Crippen LogP contribution in [0.1, 0.15) is 40.1 Å². The zero-order valence-electron chi connectivity index (χ0n) is 15.1. The first-order chi connectivity index (χ1) is 12.6. The lowest BCUT2D eigenvalue weighted by Gasteiger charge is -2.17. The summed E-state index contributed by atoms with van der Waals surface area (Å²) >= 11 is 0. The van der Waals surface area contributed by atoms with Crippen LogP contribution in [-0.2, 0) is 6.54 Å². The zero-order chi connectivity index (χ0) is 18.5. The predicted octanol–water partition coefficient (Wildman–Crippen LogP) is 3.13. The van der Waals surface area contributed by atoms with E-state index in [1.165, 1.54) is 0 Å². The van der Waals surface area contributed by atoms with Gasteiger partial charge in [0.05, 0.1) is 25.9 Å². The molecule has 1 amide bonds. The summed E-state index contributed by atoms with van der Waals surface area (Å²) in [5.41, 5.74) is 3.43. The Morgan fingerprint density at radius 1 is 1.23 bits per heavy atom. The number of amides is 1. The molecular formula is C20H22N4O2. The molecule has 6 heteroatoms. The molecule has 0 radical (unpaired) electrons. The number of carbonyl (C=O) groups is 1. The van der Waals surface area contributed by atoms with Gasteiger partial charge in [0.25, 0.3) is 5.91 Å². The summed E-state index contributed by atoms with van der Waals surface area (Å²) in [5.74, 6) is 0.483. The summed E-state index contributed by atoms with van der Waals surface area (Å²) in [6, 6.07) is 15.6. The van der Waals surface area contributed by atoms with Crippen LogP contribution in [0, 0.1) is 6.92 Å². The normalized spacial score (nSPS) is 11.8. The van der Waals surface area contributed by atoms with Gasteiger partial charge in [-0.05, 0) is 25.5 Å². The molecule has 0 spiro atoms. The quantitative estimate of drug-likeness (QED) is 0.741. The molecule has 0 saturated heterocycles. The molecule has 3 aromatic rings. The smallest absolute Gasteiger partial charge is 0.273 e. The molecule has 1 heterocycles. The van der Waals surface area contributed by atoms with Crippen LogP contribution in [0.2, 0.25) is 0 Å². The summed E-state index contributed by atoms with van der Waals surface area (Å²) in [4.78, 5) is 12.5. The summed E-state index contributed by atoms with van der Waals surface area (Å²) in [5, 5.41) is 11.0. The van der Waals surface area contributed by atoms with E-state index < -0.39 is 0 Å². The Hall–Kier alpha value is -3.15. The maximum absolute atomic E-state index is 12.5. The number of aryl methyl sites for hydroxylation is 1. The van der Waals surface area contributed by atoms with Crippen molar-refractivity contribution in [3.05, 3.63) is 77.1 Å². The van der Waals surface area contributed by atoms with Crippen molar-refractivity contribution in [3.63, 3.8) is 0 Å². The van der Waals surface area contributed by atoms with Crippen LogP contribution in [0.25, 0.3) is 0 Å². The lowest BCUT2D eigenvalue weighted by Crippen LogP contribution is -2.27. The van der Waals surface area contributed by atoms with E-state index in [9.17, 15) is 4.79 Å². The topological polar surface area (TPSA) is 69.0 Å². The molecular weight excluding hydrogens is 328 g/mol. The number of nitrogens with zero attached hydrogens (tertiary/aromatic N) is 3. The number of carbonyl (C=O) groups excluding carboxylic acids is 1. The van der Waals surface area contributed by atoms with Crippen molar-refractivity contribution in [1.82, 2.24) is 20.3 Å². The van der Waals surface area contributed by atoms with E-state index in [0.717, 1.165) is 22.4 Å². The fourth-order valence-electron chi connectivity index (χ4n) is 2.79. The number of methoxy groups -OCH3 is 1. The molecule has 0 bridgehead atoms. The molecule has 0 saturated carbocycles. The average Bonchev–Trinajstić information content (AvgIpc) is 3.11. The second kappa shape index (κ2) is 7.82. The molecule has 1 aromatic heterocycles. The molecule has 0 aliphatic rings. The summed E-state index contributed by atoms with van der Waals surface area (Å²) in [6.07, 6.45) is 1.66. The van der Waals surface area contributed by atoms with Gasteiger partial charge in [0, 0.05) is 5.56 Å². The number of rotatable bonds is 6. The van der Waals surface area contributed by atoms with Gasteiger partial charge in [0.2, 0.25) is 0 Å². The van der Waals surface area contributed by atoms with Crippen molar-refractivity contribution in [2.45, 2.75) is 26.4 Å². The maximum Gasteiger partial charge on any atom is 0.273 e. The van der Waals surface area contributed by atoms with E-state index in [1.54, 1.807) is 18.0 Å². The minimum atomic E-state index is -0.264. The van der Waals surface area contributed by atoms with Gasteiger partial charge < -0.3 is 10.1 Å². The van der Waals surface area contributed by atoms with Gasteiger partial charge in [-0.3, -0.25) is 4.79 Å². The van der Waals surface area contributed by atoms with Gasteiger partial charge in [0.15, 0.2) is 5.69 Å². The number of nitrogens with one attached hydrogen (secondary N) is 1. The first-order valence-electron chi connectivity index (χ1n) is 8.46. The molecule has 26 heavy (non-hydrogen) atoms. The molecule has 0 aliphatic carbocycles. The molecule has 2 aromatic carbocycles. The molecule has 3 rings (SSSR count). The fourth-order valence-corrected chi connectivity index (χ4v) is 2.79. The highest BCUT2D eigenvalue weighted by molar-refractivity contribution is 5.92. The van der Waals surface area contributed by atoms with Crippen molar-refractivity contribution in [2.24, 2.45) is 0 Å². The number of ether oxygens (including phenoxy) is 1. The van der Waals surface area contributed by atoms with Crippen molar-refractivity contribution in [1.29, 1.82) is 0 Å². The monoisotopic (exact) mass is 350 g/mol. The van der Waals surface area contributed by atoms with Gasteiger partial charge in [-0.1, -0.05) is 53.2 Å². The predicted molar refractivity (Wildman–Crippen MR) is 99.2 cm³/mol. The van der Waals surface area contributed by atoms with E-state index in [-0.39, 0.29) is 11.9 Å². The van der Waals surface area contributed by atoms with Gasteiger partial charge in [-0.2, -0.15) is 0 Å². The lowest BCUT2D eigenvalue weighted by atomic mass is 10.0. The molecule has 6 nitrogen and oxygen atoms in total. The van der Waals surface area contributed by atoms with Crippen LogP contribution < -0.4 is 10.1 Å². The Morgan fingerprint density at radius 2 is 2.00 bits per heavy atom. The van der Waals surface area contributed by atoms with Gasteiger partial charge >= 0.3 is 0 Å². The first kappa shape index (κ1) is 17.7. The van der Waals surface area contributed by atoms with E-state index in [1.807, 2.05) is 62.4 Å². The lowest BCUT2D eigenvalue weighted by molar-refractivity contribution is 0.0934. The maximum atomic E-state index is 12.5. The Morgan fingerprint density at radius 3 is 2.73 bits per heavy atom. The fraction of sp³-hybridized carbons (Fsp3) is 0.250. The Kier molecular flexibility index (Phi) is 5.31. The summed E-state index contributed by atoms with van der Waals surface area (Å²) in [6.45, 7) is 4.50. The largest absolute Gasteiger partial charge is 0.496 e. The van der Waals surface area contributed by atoms with Crippen molar-refractivity contribution in [3.8, 4) is 5.75 Å². The van der Waals surface area contributed by atoms with Crippen molar-refractivity contribution in [2.75, 3.05) is 7.11 Å². The molecule has 134 valence electrons. The highest BCUT2D eigenvalue weighted by Crippen LogP contribution is 2.26. The minimum absolute atomic E-state index is 0.211. The number of hydrogen-bond acceptors (Lipinski definition) is 4. The zero-order valence-corrected chi connectivity index (χ0v) is 15.1. The van der Waals surface area contributed by atoms with Crippen LogP contribution in [0.3, 0.4) is 0 Å². The second-order valence-electron chi connectivity index (χ2n) is 6.23. The first-order valence-corrected chi connectivity index (χ1v) is 8.46. The minimum Gasteiger partial charge on any atom is -0.496 e. The van der Waals surface area contributed by atoms with Crippen LogP contribution in [0.15, 0.2) is 54.7 Å². The van der Waals surface area contributed by atoms with Gasteiger partial charge in [-0.15, -0.1) is 5.10 Å². The molecule has 0 fully saturated rings. The van der Waals surface area contributed by atoms with Crippen LogP contribution in [0.4, 0.5) is 0 Å². The highest BCUT2D eigenvalue weighted by Gasteiger charge is 2.17. The van der Waals surface area contributed by atoms with Crippen LogP contribution >= 0.6 is 0 Å². The van der Waals surface area contributed by atoms with Crippen molar-refractivity contribution >= 4 is 5.91 Å². The molecule has 1 unspecified atom stereocenters. The third-order valence-electron chi connectivity index (χ3n) is 4.16. The third kappa shape index (κ3) is 4.08. The Bertz CT molecular complexity index is 890. The van der Waals surface area contributed by atoms with Crippen LogP contribution in [-0.4, -0.2) is 28.0 Å².